The number of nitrogens with one attached hydrogen (secondary N) is 2. The fourth-order valence-electron chi connectivity index (χ4n) is 5.61. The SMILES string of the molecule is O=C(COC1=C/C=C\C=C/C=C1)NC12CC(NC(=O)C3CCCCCCCCC3)(C1)C2. The molecule has 0 aromatic heterocycles. The monoisotopic (exact) mass is 424 g/mol. The average Bonchev–Trinajstić information content (AvgIpc) is 2.68. The number of rotatable bonds is 6. The van der Waals surface area contributed by atoms with Crippen molar-refractivity contribution in [1.29, 1.82) is 0 Å². The largest absolute Gasteiger partial charge is 0.484 e. The van der Waals surface area contributed by atoms with Gasteiger partial charge in [-0.3, -0.25) is 9.59 Å². The third-order valence-corrected chi connectivity index (χ3v) is 7.13. The van der Waals surface area contributed by atoms with Crippen molar-refractivity contribution in [2.75, 3.05) is 6.61 Å². The molecule has 5 aliphatic carbocycles. The van der Waals surface area contributed by atoms with Gasteiger partial charge in [-0.1, -0.05) is 75.3 Å². The van der Waals surface area contributed by atoms with E-state index in [0.29, 0.717) is 5.76 Å². The summed E-state index contributed by atoms with van der Waals surface area (Å²) in [5.41, 5.74) is -0.222. The van der Waals surface area contributed by atoms with E-state index >= 15 is 0 Å². The van der Waals surface area contributed by atoms with Crippen LogP contribution in [0.25, 0.3) is 0 Å². The summed E-state index contributed by atoms with van der Waals surface area (Å²) in [6, 6.07) is 0. The molecule has 4 fully saturated rings. The van der Waals surface area contributed by atoms with Crippen LogP contribution in [0.1, 0.15) is 77.0 Å². The number of hydrogen-bond donors (Lipinski definition) is 2. The molecule has 0 aliphatic heterocycles. The summed E-state index contributed by atoms with van der Waals surface area (Å²) < 4.78 is 5.63. The third-order valence-electron chi connectivity index (χ3n) is 7.13. The molecule has 5 heteroatoms. The van der Waals surface area contributed by atoms with Gasteiger partial charge in [0.2, 0.25) is 5.91 Å². The quantitative estimate of drug-likeness (QED) is 0.654. The highest BCUT2D eigenvalue weighted by Crippen LogP contribution is 2.60. The van der Waals surface area contributed by atoms with Crippen molar-refractivity contribution in [1.82, 2.24) is 10.6 Å². The van der Waals surface area contributed by atoms with Gasteiger partial charge in [0, 0.05) is 17.0 Å². The molecule has 5 rings (SSSR count). The average molecular weight is 425 g/mol. The van der Waals surface area contributed by atoms with Crippen LogP contribution in [0.3, 0.4) is 0 Å². The Balaban J connectivity index is 1.18. The second-order valence-electron chi connectivity index (χ2n) is 9.86. The Bertz CT molecular complexity index is 763. The van der Waals surface area contributed by atoms with Crippen molar-refractivity contribution >= 4 is 11.8 Å². The normalized spacial score (nSPS) is 32.7. The van der Waals surface area contributed by atoms with Gasteiger partial charge in [0.25, 0.3) is 5.91 Å². The first-order chi connectivity index (χ1) is 15.1. The Labute approximate surface area is 186 Å². The zero-order valence-electron chi connectivity index (χ0n) is 18.5. The summed E-state index contributed by atoms with van der Waals surface area (Å²) in [4.78, 5) is 25.3. The van der Waals surface area contributed by atoms with Crippen molar-refractivity contribution in [3.05, 3.63) is 48.3 Å². The van der Waals surface area contributed by atoms with Crippen LogP contribution in [0.2, 0.25) is 0 Å². The minimum absolute atomic E-state index is 0.0108. The lowest BCUT2D eigenvalue weighted by atomic mass is 9.44. The second-order valence-corrected chi connectivity index (χ2v) is 9.86. The number of carbonyl (C=O) groups is 2. The van der Waals surface area contributed by atoms with Gasteiger partial charge in [0.15, 0.2) is 6.61 Å². The number of ether oxygens (including phenoxy) is 1. The lowest BCUT2D eigenvalue weighted by Gasteiger charge is -2.70. The lowest BCUT2D eigenvalue weighted by Crippen LogP contribution is -2.84. The van der Waals surface area contributed by atoms with Crippen molar-refractivity contribution in [3.8, 4) is 0 Å². The van der Waals surface area contributed by atoms with E-state index in [0.717, 1.165) is 32.1 Å². The van der Waals surface area contributed by atoms with Gasteiger partial charge in [-0.15, -0.1) is 0 Å². The maximum Gasteiger partial charge on any atom is 0.258 e. The standard InChI is InChI=1S/C26H36N2O3/c29-23(17-31-22-15-11-7-4-8-12-16-22)27-25-18-26(19-25,20-25)28-24(30)21-13-9-5-2-1-3-6-10-14-21/h4,7-8,11-12,15-16,21H,1-3,5-6,9-10,13-14,17-20H2,(H,27,29)(H,28,30)/b7-4-,8-4?,11-7?,12-8-,15-11?,16-12?,22-15?,22-16?. The topological polar surface area (TPSA) is 67.4 Å². The van der Waals surface area contributed by atoms with E-state index in [1.54, 1.807) is 0 Å². The van der Waals surface area contributed by atoms with Gasteiger partial charge in [-0.25, -0.2) is 0 Å². The van der Waals surface area contributed by atoms with Gasteiger partial charge in [-0.2, -0.15) is 0 Å². The van der Waals surface area contributed by atoms with Gasteiger partial charge in [-0.05, 0) is 44.3 Å². The molecule has 31 heavy (non-hydrogen) atoms. The maximum atomic E-state index is 12.9. The van der Waals surface area contributed by atoms with Crippen molar-refractivity contribution in [2.24, 2.45) is 5.92 Å². The molecule has 0 aromatic rings. The van der Waals surface area contributed by atoms with E-state index < -0.39 is 0 Å². The summed E-state index contributed by atoms with van der Waals surface area (Å²) >= 11 is 0. The summed E-state index contributed by atoms with van der Waals surface area (Å²) in [6.07, 6.45) is 26.7. The molecule has 2 amide bonds. The molecule has 5 aliphatic rings. The maximum absolute atomic E-state index is 12.9. The Kier molecular flexibility index (Phi) is 6.99. The minimum Gasteiger partial charge on any atom is -0.484 e. The predicted molar refractivity (Wildman–Crippen MR) is 122 cm³/mol. The third kappa shape index (κ3) is 5.69. The first-order valence-corrected chi connectivity index (χ1v) is 12.1. The molecule has 0 atom stereocenters. The van der Waals surface area contributed by atoms with Crippen molar-refractivity contribution in [2.45, 2.75) is 88.1 Å². The van der Waals surface area contributed by atoms with Gasteiger partial charge in [0.1, 0.15) is 5.76 Å². The van der Waals surface area contributed by atoms with Crippen LogP contribution in [0.15, 0.2) is 48.3 Å². The van der Waals surface area contributed by atoms with Crippen LogP contribution >= 0.6 is 0 Å². The van der Waals surface area contributed by atoms with Crippen LogP contribution in [-0.4, -0.2) is 29.5 Å². The summed E-state index contributed by atoms with van der Waals surface area (Å²) in [6.45, 7) is 0.0108. The molecule has 0 radical (unpaired) electrons. The van der Waals surface area contributed by atoms with Crippen LogP contribution in [0.5, 0.6) is 0 Å². The molecule has 5 nitrogen and oxygen atoms in total. The Hall–Kier alpha value is -2.30. The molecule has 0 unspecified atom stereocenters. The Morgan fingerprint density at radius 3 is 2.10 bits per heavy atom. The minimum atomic E-state index is -0.141. The Morgan fingerprint density at radius 2 is 1.39 bits per heavy atom. The summed E-state index contributed by atoms with van der Waals surface area (Å²) in [5.74, 6) is 0.985. The second kappa shape index (κ2) is 9.88. The van der Waals surface area contributed by atoms with Gasteiger partial charge < -0.3 is 15.4 Å². The first kappa shape index (κ1) is 21.9. The molecule has 168 valence electrons. The fraction of sp³-hybridized carbons (Fsp3) is 0.615. The molecule has 2 N–H and O–H groups in total. The van der Waals surface area contributed by atoms with Crippen LogP contribution < -0.4 is 10.6 Å². The highest BCUT2D eigenvalue weighted by Gasteiger charge is 2.69. The van der Waals surface area contributed by atoms with Gasteiger partial charge >= 0.3 is 0 Å². The van der Waals surface area contributed by atoms with E-state index in [-0.39, 0.29) is 35.4 Å². The van der Waals surface area contributed by atoms with Crippen LogP contribution in [-0.2, 0) is 14.3 Å². The number of carbonyl (C=O) groups excluding carboxylic acids is 2. The van der Waals surface area contributed by atoms with Gasteiger partial charge in [0.05, 0.1) is 0 Å². The van der Waals surface area contributed by atoms with E-state index in [4.69, 9.17) is 4.74 Å². The first-order valence-electron chi connectivity index (χ1n) is 12.1. The molecule has 0 heterocycles. The van der Waals surface area contributed by atoms with E-state index in [9.17, 15) is 9.59 Å². The van der Waals surface area contributed by atoms with Crippen molar-refractivity contribution in [3.63, 3.8) is 0 Å². The molecule has 2 bridgehead atoms. The smallest absolute Gasteiger partial charge is 0.258 e. The van der Waals surface area contributed by atoms with E-state index in [2.05, 4.69) is 10.6 Å². The summed E-state index contributed by atoms with van der Waals surface area (Å²) in [5, 5.41) is 6.49. The molecule has 0 spiro atoms. The lowest BCUT2D eigenvalue weighted by molar-refractivity contribution is -0.153. The summed E-state index contributed by atoms with van der Waals surface area (Å²) in [7, 11) is 0. The van der Waals surface area contributed by atoms with Crippen molar-refractivity contribution < 1.29 is 14.3 Å². The highest BCUT2D eigenvalue weighted by molar-refractivity contribution is 5.82. The zero-order valence-corrected chi connectivity index (χ0v) is 18.5. The fourth-order valence-corrected chi connectivity index (χ4v) is 5.61. The predicted octanol–water partition coefficient (Wildman–Crippen LogP) is 4.62. The molecule has 4 saturated carbocycles. The van der Waals surface area contributed by atoms with E-state index in [1.807, 2.05) is 42.5 Å². The highest BCUT2D eigenvalue weighted by atomic mass is 16.5. The van der Waals surface area contributed by atoms with E-state index in [1.165, 1.54) is 44.9 Å². The molecule has 0 saturated heterocycles. The Morgan fingerprint density at radius 1 is 0.806 bits per heavy atom. The number of amides is 2. The van der Waals surface area contributed by atoms with Crippen LogP contribution in [0, 0.1) is 5.92 Å². The molecular formula is C26H36N2O3. The zero-order chi connectivity index (χ0) is 21.6. The molecular weight excluding hydrogens is 388 g/mol. The van der Waals surface area contributed by atoms with Crippen LogP contribution in [0.4, 0.5) is 0 Å². The number of allylic oxidation sites excluding steroid dienone is 7. The number of hydrogen-bond acceptors (Lipinski definition) is 3. The molecule has 0 aromatic carbocycles.